The monoisotopic (exact) mass is 474 g/mol. The molecule has 0 amide bonds. The first-order valence-electron chi connectivity index (χ1n) is 10.7. The minimum Gasteiger partial charge on any atom is -0.497 e. The van der Waals surface area contributed by atoms with E-state index in [-0.39, 0.29) is 29.7 Å². The SMILES string of the molecule is COc1ccc(CC(=O)Oc2ccc3c(c2)c(=O)n(Cc2ccc(C(=O)O)cc2)c(=O)n3C)cc1. The molecule has 178 valence electrons. The fourth-order valence-corrected chi connectivity index (χ4v) is 3.71. The summed E-state index contributed by atoms with van der Waals surface area (Å²) in [6, 6.07) is 17.5. The zero-order valence-corrected chi connectivity index (χ0v) is 19.1. The van der Waals surface area contributed by atoms with Crippen molar-refractivity contribution in [3.8, 4) is 11.5 Å². The van der Waals surface area contributed by atoms with Crippen molar-refractivity contribution in [2.45, 2.75) is 13.0 Å². The van der Waals surface area contributed by atoms with Crippen LogP contribution >= 0.6 is 0 Å². The van der Waals surface area contributed by atoms with Crippen molar-refractivity contribution in [1.29, 1.82) is 0 Å². The van der Waals surface area contributed by atoms with Crippen LogP contribution in [0.5, 0.6) is 11.5 Å². The van der Waals surface area contributed by atoms with E-state index in [0.717, 1.165) is 10.1 Å². The molecule has 9 nitrogen and oxygen atoms in total. The van der Waals surface area contributed by atoms with Gasteiger partial charge in [-0.05, 0) is 53.6 Å². The smallest absolute Gasteiger partial charge is 0.335 e. The number of aromatic nitrogens is 2. The Morgan fingerprint density at radius 1 is 0.886 bits per heavy atom. The van der Waals surface area contributed by atoms with Gasteiger partial charge in [0.15, 0.2) is 0 Å². The first kappa shape index (κ1) is 23.5. The fourth-order valence-electron chi connectivity index (χ4n) is 3.71. The fraction of sp³-hybridized carbons (Fsp3) is 0.154. The van der Waals surface area contributed by atoms with Gasteiger partial charge in [0.05, 0.1) is 36.5 Å². The van der Waals surface area contributed by atoms with E-state index in [1.54, 1.807) is 56.6 Å². The number of methoxy groups -OCH3 is 1. The summed E-state index contributed by atoms with van der Waals surface area (Å²) >= 11 is 0. The van der Waals surface area contributed by atoms with Crippen LogP contribution in [0.15, 0.2) is 76.3 Å². The van der Waals surface area contributed by atoms with Gasteiger partial charge in [-0.3, -0.25) is 18.7 Å². The number of carboxylic acids is 1. The van der Waals surface area contributed by atoms with Gasteiger partial charge in [0.25, 0.3) is 5.56 Å². The van der Waals surface area contributed by atoms with Gasteiger partial charge >= 0.3 is 17.6 Å². The Kier molecular flexibility index (Phi) is 6.50. The van der Waals surface area contributed by atoms with Crippen LogP contribution in [0.1, 0.15) is 21.5 Å². The highest BCUT2D eigenvalue weighted by molar-refractivity contribution is 5.87. The predicted molar refractivity (Wildman–Crippen MR) is 128 cm³/mol. The molecule has 0 saturated carbocycles. The summed E-state index contributed by atoms with van der Waals surface area (Å²) in [7, 11) is 3.10. The summed E-state index contributed by atoms with van der Waals surface area (Å²) in [5.41, 5.74) is 0.777. The van der Waals surface area contributed by atoms with E-state index in [4.69, 9.17) is 14.6 Å². The molecule has 0 aliphatic carbocycles. The molecule has 0 spiro atoms. The molecule has 0 unspecified atom stereocenters. The number of carboxylic acid groups (broad SMARTS) is 1. The lowest BCUT2D eigenvalue weighted by molar-refractivity contribution is -0.133. The van der Waals surface area contributed by atoms with E-state index in [1.165, 1.54) is 28.8 Å². The number of aromatic carboxylic acids is 1. The van der Waals surface area contributed by atoms with Crippen LogP contribution in [0, 0.1) is 0 Å². The lowest BCUT2D eigenvalue weighted by Crippen LogP contribution is -2.39. The Balaban J connectivity index is 1.62. The average Bonchev–Trinajstić information content (AvgIpc) is 2.86. The highest BCUT2D eigenvalue weighted by Gasteiger charge is 2.14. The summed E-state index contributed by atoms with van der Waals surface area (Å²) in [4.78, 5) is 49.5. The number of carbonyl (C=O) groups is 2. The standard InChI is InChI=1S/C26H22N2O7/c1-27-22-12-11-20(35-23(29)13-16-5-9-19(34-2)10-6-16)14-21(22)24(30)28(26(27)33)15-17-3-7-18(8-4-17)25(31)32/h3-12,14H,13,15H2,1-2H3,(H,31,32). The summed E-state index contributed by atoms with van der Waals surface area (Å²) < 4.78 is 12.9. The molecule has 4 rings (SSSR count). The number of carbonyl (C=O) groups excluding carboxylic acids is 1. The molecule has 0 fully saturated rings. The van der Waals surface area contributed by atoms with Gasteiger partial charge in [-0.25, -0.2) is 9.59 Å². The highest BCUT2D eigenvalue weighted by Crippen LogP contribution is 2.19. The van der Waals surface area contributed by atoms with E-state index in [1.807, 2.05) is 0 Å². The van der Waals surface area contributed by atoms with E-state index >= 15 is 0 Å². The van der Waals surface area contributed by atoms with Gasteiger partial charge in [0.1, 0.15) is 11.5 Å². The Bertz CT molecular complexity index is 1530. The number of benzene rings is 3. The normalized spacial score (nSPS) is 10.8. The van der Waals surface area contributed by atoms with E-state index in [9.17, 15) is 19.2 Å². The summed E-state index contributed by atoms with van der Waals surface area (Å²) in [5, 5.41) is 9.26. The molecule has 0 aliphatic heterocycles. The second-order valence-corrected chi connectivity index (χ2v) is 7.91. The van der Waals surface area contributed by atoms with Crippen LogP contribution in [0.3, 0.4) is 0 Å². The number of aryl methyl sites for hydroxylation is 1. The molecule has 0 radical (unpaired) electrons. The van der Waals surface area contributed by atoms with Gasteiger partial charge in [-0.15, -0.1) is 0 Å². The van der Waals surface area contributed by atoms with Crippen molar-refractivity contribution < 1.29 is 24.2 Å². The quantitative estimate of drug-likeness (QED) is 0.323. The molecular formula is C26H22N2O7. The summed E-state index contributed by atoms with van der Waals surface area (Å²) in [6.45, 7) is -0.0389. The summed E-state index contributed by atoms with van der Waals surface area (Å²) in [6.07, 6.45) is 0.0336. The number of hydrogen-bond donors (Lipinski definition) is 1. The van der Waals surface area contributed by atoms with E-state index in [2.05, 4.69) is 0 Å². The Hall–Kier alpha value is -4.66. The first-order valence-corrected chi connectivity index (χ1v) is 10.7. The van der Waals surface area contributed by atoms with Crippen molar-refractivity contribution in [1.82, 2.24) is 9.13 Å². The van der Waals surface area contributed by atoms with Crippen molar-refractivity contribution in [2.24, 2.45) is 7.05 Å². The van der Waals surface area contributed by atoms with E-state index < -0.39 is 23.2 Å². The van der Waals surface area contributed by atoms with Gasteiger partial charge in [-0.2, -0.15) is 0 Å². The highest BCUT2D eigenvalue weighted by atomic mass is 16.5. The third-order valence-electron chi connectivity index (χ3n) is 5.60. The third kappa shape index (κ3) is 4.98. The maximum Gasteiger partial charge on any atom is 0.335 e. The molecule has 9 heteroatoms. The number of ether oxygens (including phenoxy) is 2. The lowest BCUT2D eigenvalue weighted by atomic mass is 10.1. The molecule has 35 heavy (non-hydrogen) atoms. The van der Waals surface area contributed by atoms with Gasteiger partial charge in [0.2, 0.25) is 0 Å². The largest absolute Gasteiger partial charge is 0.497 e. The Labute approximate surface area is 199 Å². The molecule has 1 aromatic heterocycles. The Morgan fingerprint density at radius 3 is 2.14 bits per heavy atom. The molecule has 3 aromatic carbocycles. The van der Waals surface area contributed by atoms with E-state index in [0.29, 0.717) is 16.8 Å². The van der Waals surface area contributed by atoms with Crippen LogP contribution in [-0.2, 0) is 24.8 Å². The number of hydrogen-bond acceptors (Lipinski definition) is 6. The number of esters is 1. The molecule has 4 aromatic rings. The minimum absolute atomic E-state index is 0.0336. The Morgan fingerprint density at radius 2 is 1.51 bits per heavy atom. The molecule has 0 saturated heterocycles. The summed E-state index contributed by atoms with van der Waals surface area (Å²) in [5.74, 6) is -0.705. The molecule has 0 aliphatic rings. The zero-order chi connectivity index (χ0) is 25.1. The molecule has 1 heterocycles. The van der Waals surface area contributed by atoms with Crippen LogP contribution < -0.4 is 20.7 Å². The minimum atomic E-state index is -1.07. The first-order chi connectivity index (χ1) is 16.8. The van der Waals surface area contributed by atoms with Crippen molar-refractivity contribution >= 4 is 22.8 Å². The third-order valence-corrected chi connectivity index (χ3v) is 5.60. The molecule has 0 bridgehead atoms. The average molecular weight is 474 g/mol. The molecule has 1 N–H and O–H groups in total. The van der Waals surface area contributed by atoms with Crippen molar-refractivity contribution in [3.05, 3.63) is 104 Å². The van der Waals surface area contributed by atoms with Crippen LogP contribution in [0.25, 0.3) is 10.9 Å². The lowest BCUT2D eigenvalue weighted by Gasteiger charge is -2.12. The van der Waals surface area contributed by atoms with Crippen molar-refractivity contribution in [3.63, 3.8) is 0 Å². The maximum atomic E-state index is 13.2. The van der Waals surface area contributed by atoms with Crippen LogP contribution in [0.2, 0.25) is 0 Å². The zero-order valence-electron chi connectivity index (χ0n) is 19.1. The molecular weight excluding hydrogens is 452 g/mol. The van der Waals surface area contributed by atoms with Crippen LogP contribution in [0.4, 0.5) is 0 Å². The van der Waals surface area contributed by atoms with Crippen LogP contribution in [-0.4, -0.2) is 33.3 Å². The second-order valence-electron chi connectivity index (χ2n) is 7.91. The second kappa shape index (κ2) is 9.68. The number of rotatable bonds is 7. The van der Waals surface area contributed by atoms with Gasteiger partial charge in [0, 0.05) is 7.05 Å². The topological polar surface area (TPSA) is 117 Å². The van der Waals surface area contributed by atoms with Gasteiger partial charge in [-0.1, -0.05) is 24.3 Å². The predicted octanol–water partition coefficient (Wildman–Crippen LogP) is 2.60. The van der Waals surface area contributed by atoms with Crippen molar-refractivity contribution in [2.75, 3.05) is 7.11 Å². The molecule has 0 atom stereocenters. The maximum absolute atomic E-state index is 13.2. The number of fused-ring (bicyclic) bond motifs is 1. The number of nitrogens with zero attached hydrogens (tertiary/aromatic N) is 2. The van der Waals surface area contributed by atoms with Gasteiger partial charge < -0.3 is 14.6 Å².